The maximum atomic E-state index is 12.0. The molecule has 136 valence electrons. The van der Waals surface area contributed by atoms with Crippen LogP contribution in [0.1, 0.15) is 27.6 Å². The number of nitrogens with one attached hydrogen (secondary N) is 2. The Labute approximate surface area is 151 Å². The number of amides is 1. The van der Waals surface area contributed by atoms with Gasteiger partial charge in [-0.05, 0) is 55.5 Å². The van der Waals surface area contributed by atoms with E-state index in [2.05, 4.69) is 15.4 Å². The van der Waals surface area contributed by atoms with Crippen LogP contribution in [-0.2, 0) is 14.3 Å². The Kier molecular flexibility index (Phi) is 6.73. The second-order valence-electron chi connectivity index (χ2n) is 5.27. The topological polar surface area (TPSA) is 93.7 Å². The highest BCUT2D eigenvalue weighted by atomic mass is 16.5. The summed E-state index contributed by atoms with van der Waals surface area (Å²) in [5.41, 5.74) is 2.13. The van der Waals surface area contributed by atoms with Gasteiger partial charge in [0, 0.05) is 11.4 Å². The van der Waals surface area contributed by atoms with Gasteiger partial charge >= 0.3 is 11.9 Å². The summed E-state index contributed by atoms with van der Waals surface area (Å²) >= 11 is 0. The molecular weight excluding hydrogens is 336 g/mol. The van der Waals surface area contributed by atoms with Crippen LogP contribution < -0.4 is 10.6 Å². The van der Waals surface area contributed by atoms with Crippen molar-refractivity contribution in [3.8, 4) is 0 Å². The van der Waals surface area contributed by atoms with Crippen LogP contribution in [0.3, 0.4) is 0 Å². The lowest BCUT2D eigenvalue weighted by Crippen LogP contribution is -2.21. The number of carbonyl (C=O) groups is 3. The van der Waals surface area contributed by atoms with Crippen LogP contribution in [0.5, 0.6) is 0 Å². The molecule has 2 aromatic carbocycles. The fourth-order valence-electron chi connectivity index (χ4n) is 2.13. The van der Waals surface area contributed by atoms with Crippen LogP contribution in [-0.4, -0.2) is 38.1 Å². The Morgan fingerprint density at radius 2 is 1.38 bits per heavy atom. The number of benzene rings is 2. The SMILES string of the molecule is CCOC(=O)c1ccc(NC(=O)CNc2ccc(C(=O)OC)cc2)cc1. The van der Waals surface area contributed by atoms with Crippen LogP contribution in [0.2, 0.25) is 0 Å². The van der Waals surface area contributed by atoms with E-state index in [1.54, 1.807) is 55.5 Å². The van der Waals surface area contributed by atoms with Crippen molar-refractivity contribution in [2.24, 2.45) is 0 Å². The summed E-state index contributed by atoms with van der Waals surface area (Å²) < 4.78 is 9.53. The number of methoxy groups -OCH3 is 1. The Bertz CT molecular complexity index is 770. The third-order valence-corrected chi connectivity index (χ3v) is 3.44. The van der Waals surface area contributed by atoms with Gasteiger partial charge in [-0.1, -0.05) is 0 Å². The molecule has 0 saturated carbocycles. The molecule has 26 heavy (non-hydrogen) atoms. The van der Waals surface area contributed by atoms with E-state index in [0.29, 0.717) is 29.1 Å². The van der Waals surface area contributed by atoms with Crippen molar-refractivity contribution in [2.45, 2.75) is 6.92 Å². The molecule has 7 heteroatoms. The van der Waals surface area contributed by atoms with Gasteiger partial charge in [0.25, 0.3) is 0 Å². The fraction of sp³-hybridized carbons (Fsp3) is 0.211. The zero-order valence-corrected chi connectivity index (χ0v) is 14.6. The van der Waals surface area contributed by atoms with Crippen LogP contribution in [0.15, 0.2) is 48.5 Å². The van der Waals surface area contributed by atoms with E-state index >= 15 is 0 Å². The van der Waals surface area contributed by atoms with E-state index in [0.717, 1.165) is 0 Å². The van der Waals surface area contributed by atoms with Crippen molar-refractivity contribution in [2.75, 3.05) is 30.9 Å². The standard InChI is InChI=1S/C19H20N2O5/c1-3-26-19(24)14-6-10-16(11-7-14)21-17(22)12-20-15-8-4-13(5-9-15)18(23)25-2/h4-11,20H,3,12H2,1-2H3,(H,21,22). The maximum Gasteiger partial charge on any atom is 0.338 e. The first-order chi connectivity index (χ1) is 12.5. The summed E-state index contributed by atoms with van der Waals surface area (Å²) in [5, 5.41) is 5.68. The number of anilines is 2. The first kappa shape index (κ1) is 19.0. The van der Waals surface area contributed by atoms with E-state index in [4.69, 9.17) is 4.74 Å². The van der Waals surface area contributed by atoms with Crippen molar-refractivity contribution in [1.82, 2.24) is 0 Å². The average Bonchev–Trinajstić information content (AvgIpc) is 2.67. The molecule has 0 aliphatic heterocycles. The van der Waals surface area contributed by atoms with E-state index in [1.807, 2.05) is 0 Å². The van der Waals surface area contributed by atoms with E-state index in [-0.39, 0.29) is 12.5 Å². The molecule has 0 aliphatic rings. The molecule has 0 fully saturated rings. The summed E-state index contributed by atoms with van der Waals surface area (Å²) in [6, 6.07) is 13.0. The maximum absolute atomic E-state index is 12.0. The highest BCUT2D eigenvalue weighted by molar-refractivity contribution is 5.95. The monoisotopic (exact) mass is 356 g/mol. The van der Waals surface area contributed by atoms with Crippen LogP contribution in [0.25, 0.3) is 0 Å². The number of hydrogen-bond acceptors (Lipinski definition) is 6. The third kappa shape index (κ3) is 5.34. The minimum atomic E-state index is -0.416. The minimum Gasteiger partial charge on any atom is -0.465 e. The smallest absolute Gasteiger partial charge is 0.338 e. The van der Waals surface area contributed by atoms with Gasteiger partial charge in [-0.2, -0.15) is 0 Å². The second-order valence-corrected chi connectivity index (χ2v) is 5.27. The summed E-state index contributed by atoms with van der Waals surface area (Å²) in [5.74, 6) is -1.06. The summed E-state index contributed by atoms with van der Waals surface area (Å²) in [4.78, 5) is 34.9. The lowest BCUT2D eigenvalue weighted by atomic mass is 10.2. The lowest BCUT2D eigenvalue weighted by Gasteiger charge is -2.09. The number of hydrogen-bond donors (Lipinski definition) is 2. The molecule has 0 spiro atoms. The van der Waals surface area contributed by atoms with Gasteiger partial charge in [-0.25, -0.2) is 9.59 Å². The second kappa shape index (κ2) is 9.22. The molecular formula is C19H20N2O5. The molecule has 0 unspecified atom stereocenters. The van der Waals surface area contributed by atoms with E-state index in [9.17, 15) is 14.4 Å². The normalized spacial score (nSPS) is 9.92. The number of carbonyl (C=O) groups excluding carboxylic acids is 3. The predicted molar refractivity (Wildman–Crippen MR) is 97.3 cm³/mol. The van der Waals surface area contributed by atoms with Gasteiger partial charge in [0.1, 0.15) is 0 Å². The lowest BCUT2D eigenvalue weighted by molar-refractivity contribution is -0.114. The Morgan fingerprint density at radius 1 is 0.846 bits per heavy atom. The molecule has 1 amide bonds. The Hall–Kier alpha value is -3.35. The zero-order chi connectivity index (χ0) is 18.9. The van der Waals surface area contributed by atoms with Gasteiger partial charge < -0.3 is 20.1 Å². The fourth-order valence-corrected chi connectivity index (χ4v) is 2.13. The molecule has 0 saturated heterocycles. The first-order valence-corrected chi connectivity index (χ1v) is 8.02. The predicted octanol–water partition coefficient (Wildman–Crippen LogP) is 2.70. The minimum absolute atomic E-state index is 0.0528. The van der Waals surface area contributed by atoms with Crippen LogP contribution in [0.4, 0.5) is 11.4 Å². The molecule has 0 heterocycles. The molecule has 7 nitrogen and oxygen atoms in total. The first-order valence-electron chi connectivity index (χ1n) is 8.02. The van der Waals surface area contributed by atoms with Gasteiger partial charge in [-0.15, -0.1) is 0 Å². The van der Waals surface area contributed by atoms with Gasteiger partial charge in [-0.3, -0.25) is 4.79 Å². The quantitative estimate of drug-likeness (QED) is 0.741. The summed E-state index contributed by atoms with van der Waals surface area (Å²) in [7, 11) is 1.32. The van der Waals surface area contributed by atoms with Gasteiger partial charge in [0.05, 0.1) is 31.4 Å². The molecule has 0 atom stereocenters. The van der Waals surface area contributed by atoms with Crippen molar-refractivity contribution >= 4 is 29.2 Å². The van der Waals surface area contributed by atoms with Gasteiger partial charge in [0.2, 0.25) is 5.91 Å². The molecule has 2 N–H and O–H groups in total. The Morgan fingerprint density at radius 3 is 1.92 bits per heavy atom. The third-order valence-electron chi connectivity index (χ3n) is 3.44. The largest absolute Gasteiger partial charge is 0.465 e. The Balaban J connectivity index is 1.85. The van der Waals surface area contributed by atoms with Crippen molar-refractivity contribution in [3.63, 3.8) is 0 Å². The summed E-state index contributed by atoms with van der Waals surface area (Å²) in [6.07, 6.45) is 0. The number of ether oxygens (including phenoxy) is 2. The van der Waals surface area contributed by atoms with E-state index in [1.165, 1.54) is 7.11 Å². The van der Waals surface area contributed by atoms with E-state index < -0.39 is 11.9 Å². The van der Waals surface area contributed by atoms with Crippen molar-refractivity contribution in [1.29, 1.82) is 0 Å². The molecule has 0 aliphatic carbocycles. The summed E-state index contributed by atoms with van der Waals surface area (Å²) in [6.45, 7) is 2.10. The van der Waals surface area contributed by atoms with Crippen molar-refractivity contribution < 1.29 is 23.9 Å². The van der Waals surface area contributed by atoms with Crippen molar-refractivity contribution in [3.05, 3.63) is 59.7 Å². The molecule has 2 aromatic rings. The van der Waals surface area contributed by atoms with Crippen LogP contribution in [0, 0.1) is 0 Å². The highest BCUT2D eigenvalue weighted by Crippen LogP contribution is 2.12. The average molecular weight is 356 g/mol. The zero-order valence-electron chi connectivity index (χ0n) is 14.6. The number of rotatable bonds is 7. The molecule has 0 bridgehead atoms. The highest BCUT2D eigenvalue weighted by Gasteiger charge is 2.08. The molecule has 0 radical (unpaired) electrons. The molecule has 0 aromatic heterocycles. The van der Waals surface area contributed by atoms with Crippen LogP contribution >= 0.6 is 0 Å². The van der Waals surface area contributed by atoms with Gasteiger partial charge in [0.15, 0.2) is 0 Å². The molecule has 2 rings (SSSR count). The number of esters is 2.